The predicted molar refractivity (Wildman–Crippen MR) is 49.7 cm³/mol. The van der Waals surface area contributed by atoms with E-state index in [-0.39, 0.29) is 11.6 Å². The lowest BCUT2D eigenvalue weighted by Crippen LogP contribution is -2.49. The van der Waals surface area contributed by atoms with Crippen LogP contribution < -0.4 is 11.5 Å². The molecule has 0 bridgehead atoms. The fourth-order valence-electron chi connectivity index (χ4n) is 2.21. The molecular formula is C9H19N3. The first-order chi connectivity index (χ1) is 5.62. The Bertz CT molecular complexity index is 177. The molecule has 1 heterocycles. The van der Waals surface area contributed by atoms with E-state index < -0.39 is 0 Å². The Morgan fingerprint density at radius 3 is 2.58 bits per heavy atom. The van der Waals surface area contributed by atoms with E-state index in [2.05, 4.69) is 11.9 Å². The molecule has 0 spiro atoms. The zero-order valence-corrected chi connectivity index (χ0v) is 7.79. The molecule has 4 N–H and O–H groups in total. The molecule has 0 amide bonds. The number of hydrogen-bond acceptors (Lipinski definition) is 3. The highest BCUT2D eigenvalue weighted by Gasteiger charge is 2.47. The van der Waals surface area contributed by atoms with Gasteiger partial charge in [-0.25, -0.2) is 0 Å². The van der Waals surface area contributed by atoms with E-state index in [0.717, 1.165) is 19.4 Å². The van der Waals surface area contributed by atoms with Crippen LogP contribution in [0.2, 0.25) is 0 Å². The lowest BCUT2D eigenvalue weighted by atomic mass is 9.92. The molecule has 0 aromatic heterocycles. The highest BCUT2D eigenvalue weighted by molar-refractivity contribution is 5.09. The van der Waals surface area contributed by atoms with Crippen LogP contribution in [0.15, 0.2) is 0 Å². The average molecular weight is 169 g/mol. The van der Waals surface area contributed by atoms with Crippen LogP contribution in [0.4, 0.5) is 0 Å². The molecule has 2 unspecified atom stereocenters. The number of rotatable bonds is 2. The highest BCUT2D eigenvalue weighted by Crippen LogP contribution is 2.39. The quantitative estimate of drug-likeness (QED) is 0.599. The van der Waals surface area contributed by atoms with E-state index in [1.165, 1.54) is 13.0 Å². The maximum absolute atomic E-state index is 6.13. The molecule has 3 heteroatoms. The summed E-state index contributed by atoms with van der Waals surface area (Å²) in [6, 6.07) is 0.238. The molecule has 1 saturated carbocycles. The molecule has 2 fully saturated rings. The van der Waals surface area contributed by atoms with Crippen molar-refractivity contribution in [1.29, 1.82) is 0 Å². The maximum atomic E-state index is 6.13. The van der Waals surface area contributed by atoms with Gasteiger partial charge in [0, 0.05) is 18.1 Å². The molecule has 0 aromatic rings. The van der Waals surface area contributed by atoms with E-state index in [1.54, 1.807) is 0 Å². The Labute approximate surface area is 74.1 Å². The topological polar surface area (TPSA) is 55.3 Å². The van der Waals surface area contributed by atoms with E-state index in [4.69, 9.17) is 11.5 Å². The third-order valence-corrected chi connectivity index (χ3v) is 3.43. The molecule has 3 nitrogen and oxygen atoms in total. The van der Waals surface area contributed by atoms with Crippen LogP contribution in [0, 0.1) is 5.92 Å². The Balaban J connectivity index is 1.92. The summed E-state index contributed by atoms with van der Waals surface area (Å²) in [5, 5.41) is 0. The zero-order valence-electron chi connectivity index (χ0n) is 7.79. The molecule has 70 valence electrons. The van der Waals surface area contributed by atoms with Gasteiger partial charge in [0.15, 0.2) is 0 Å². The lowest BCUT2D eigenvalue weighted by molar-refractivity contribution is 0.335. The van der Waals surface area contributed by atoms with E-state index >= 15 is 0 Å². The van der Waals surface area contributed by atoms with Crippen molar-refractivity contribution in [2.45, 2.75) is 30.8 Å². The Morgan fingerprint density at radius 2 is 2.17 bits per heavy atom. The van der Waals surface area contributed by atoms with Crippen LogP contribution in [-0.4, -0.2) is 36.6 Å². The normalized spacial score (nSPS) is 36.8. The third kappa shape index (κ3) is 1.37. The van der Waals surface area contributed by atoms with Gasteiger partial charge in [-0.15, -0.1) is 0 Å². The fourth-order valence-corrected chi connectivity index (χ4v) is 2.21. The van der Waals surface area contributed by atoms with Crippen molar-refractivity contribution >= 4 is 0 Å². The summed E-state index contributed by atoms with van der Waals surface area (Å²) in [6.45, 7) is 2.33. The van der Waals surface area contributed by atoms with Crippen LogP contribution in [0.3, 0.4) is 0 Å². The van der Waals surface area contributed by atoms with Crippen LogP contribution in [-0.2, 0) is 0 Å². The molecule has 1 aliphatic heterocycles. The van der Waals surface area contributed by atoms with Gasteiger partial charge in [0.25, 0.3) is 0 Å². The largest absolute Gasteiger partial charge is 0.326 e. The molecule has 1 aliphatic carbocycles. The first-order valence-electron chi connectivity index (χ1n) is 4.85. The van der Waals surface area contributed by atoms with Crippen molar-refractivity contribution < 1.29 is 0 Å². The van der Waals surface area contributed by atoms with Crippen molar-refractivity contribution in [2.24, 2.45) is 17.4 Å². The maximum Gasteiger partial charge on any atom is 0.0312 e. The molecular weight excluding hydrogens is 150 g/mol. The molecule has 2 aliphatic rings. The second-order valence-corrected chi connectivity index (χ2v) is 4.57. The summed E-state index contributed by atoms with van der Waals surface area (Å²) < 4.78 is 0. The van der Waals surface area contributed by atoms with E-state index in [0.29, 0.717) is 5.92 Å². The molecule has 0 radical (unpaired) electrons. The first-order valence-corrected chi connectivity index (χ1v) is 4.85. The average Bonchev–Trinajstić information content (AvgIpc) is 2.62. The second kappa shape index (κ2) is 2.69. The standard InChI is InChI=1S/C9H19N3/c1-12-5-2-7(6-12)8(10)9(11)3-4-9/h7-8H,2-6,10-11H2,1H3. The van der Waals surface area contributed by atoms with E-state index in [1.807, 2.05) is 0 Å². The fraction of sp³-hybridized carbons (Fsp3) is 1.00. The van der Waals surface area contributed by atoms with Crippen molar-refractivity contribution in [3.8, 4) is 0 Å². The van der Waals surface area contributed by atoms with Crippen molar-refractivity contribution in [2.75, 3.05) is 20.1 Å². The van der Waals surface area contributed by atoms with Gasteiger partial charge in [-0.1, -0.05) is 0 Å². The van der Waals surface area contributed by atoms with Gasteiger partial charge in [-0.05, 0) is 38.8 Å². The van der Waals surface area contributed by atoms with E-state index in [9.17, 15) is 0 Å². The molecule has 1 saturated heterocycles. The van der Waals surface area contributed by atoms with Crippen LogP contribution >= 0.6 is 0 Å². The minimum atomic E-state index is 0.00977. The van der Waals surface area contributed by atoms with Gasteiger partial charge in [-0.3, -0.25) is 0 Å². The summed E-state index contributed by atoms with van der Waals surface area (Å²) in [4.78, 5) is 2.34. The van der Waals surface area contributed by atoms with Gasteiger partial charge >= 0.3 is 0 Å². The minimum absolute atomic E-state index is 0.00977. The number of hydrogen-bond donors (Lipinski definition) is 2. The van der Waals surface area contributed by atoms with Gasteiger partial charge in [-0.2, -0.15) is 0 Å². The van der Waals surface area contributed by atoms with Crippen molar-refractivity contribution in [3.05, 3.63) is 0 Å². The summed E-state index contributed by atoms with van der Waals surface area (Å²) in [5.74, 6) is 0.641. The molecule has 2 atom stereocenters. The van der Waals surface area contributed by atoms with Gasteiger partial charge in [0.2, 0.25) is 0 Å². The molecule has 2 rings (SSSR count). The number of nitrogens with two attached hydrogens (primary N) is 2. The summed E-state index contributed by atoms with van der Waals surface area (Å²) in [5.41, 5.74) is 12.2. The summed E-state index contributed by atoms with van der Waals surface area (Å²) in [7, 11) is 2.16. The smallest absolute Gasteiger partial charge is 0.0312 e. The predicted octanol–water partition coefficient (Wildman–Crippen LogP) is -0.243. The Morgan fingerprint density at radius 1 is 1.50 bits per heavy atom. The van der Waals surface area contributed by atoms with Gasteiger partial charge in [0.05, 0.1) is 0 Å². The molecule has 12 heavy (non-hydrogen) atoms. The van der Waals surface area contributed by atoms with Crippen LogP contribution in [0.5, 0.6) is 0 Å². The highest BCUT2D eigenvalue weighted by atomic mass is 15.1. The first kappa shape index (κ1) is 8.48. The Hall–Kier alpha value is -0.120. The van der Waals surface area contributed by atoms with Crippen LogP contribution in [0.25, 0.3) is 0 Å². The second-order valence-electron chi connectivity index (χ2n) is 4.57. The number of nitrogens with zero attached hydrogens (tertiary/aromatic N) is 1. The Kier molecular flexibility index (Phi) is 1.90. The minimum Gasteiger partial charge on any atom is -0.326 e. The lowest BCUT2D eigenvalue weighted by Gasteiger charge is -2.24. The third-order valence-electron chi connectivity index (χ3n) is 3.43. The summed E-state index contributed by atoms with van der Waals surface area (Å²) in [6.07, 6.45) is 3.50. The summed E-state index contributed by atoms with van der Waals surface area (Å²) >= 11 is 0. The van der Waals surface area contributed by atoms with Gasteiger partial charge < -0.3 is 16.4 Å². The van der Waals surface area contributed by atoms with Crippen molar-refractivity contribution in [3.63, 3.8) is 0 Å². The number of likely N-dealkylation sites (tertiary alicyclic amines) is 1. The monoisotopic (exact) mass is 169 g/mol. The zero-order chi connectivity index (χ0) is 8.77. The SMILES string of the molecule is CN1CCC(C(N)C2(N)CC2)C1. The molecule has 0 aromatic carbocycles. The van der Waals surface area contributed by atoms with Gasteiger partial charge in [0.1, 0.15) is 0 Å². The van der Waals surface area contributed by atoms with Crippen molar-refractivity contribution in [1.82, 2.24) is 4.90 Å². The van der Waals surface area contributed by atoms with Crippen LogP contribution in [0.1, 0.15) is 19.3 Å².